The molecule has 0 spiro atoms. The standard InChI is InChI=1S/C21H20N2O3/c1-12-9-14(3)15(10-13(12)2)5-8-19(24)22-16-6-7-17-18(11-16)21(26)23(4)20(17)25/h5-11H,1-4H3,(H,22,24)/b8-5+. The van der Waals surface area contributed by atoms with E-state index in [0.29, 0.717) is 16.8 Å². The summed E-state index contributed by atoms with van der Waals surface area (Å²) < 4.78 is 0. The number of anilines is 1. The number of rotatable bonds is 3. The molecule has 5 nitrogen and oxygen atoms in total. The van der Waals surface area contributed by atoms with Gasteiger partial charge in [0.25, 0.3) is 11.8 Å². The van der Waals surface area contributed by atoms with E-state index in [2.05, 4.69) is 18.3 Å². The van der Waals surface area contributed by atoms with Crippen LogP contribution in [0, 0.1) is 20.8 Å². The number of aryl methyl sites for hydroxylation is 3. The molecular formula is C21H20N2O3. The van der Waals surface area contributed by atoms with E-state index in [1.165, 1.54) is 30.3 Å². The normalized spacial score (nSPS) is 13.5. The van der Waals surface area contributed by atoms with Crippen molar-refractivity contribution in [1.29, 1.82) is 0 Å². The van der Waals surface area contributed by atoms with Gasteiger partial charge in [0.05, 0.1) is 11.1 Å². The number of carbonyl (C=O) groups is 3. The van der Waals surface area contributed by atoms with E-state index in [4.69, 9.17) is 0 Å². The van der Waals surface area contributed by atoms with E-state index in [0.717, 1.165) is 16.0 Å². The van der Waals surface area contributed by atoms with Crippen LogP contribution in [0.2, 0.25) is 0 Å². The minimum absolute atomic E-state index is 0.298. The maximum atomic E-state index is 12.2. The summed E-state index contributed by atoms with van der Waals surface area (Å²) in [6.45, 7) is 6.09. The first-order valence-corrected chi connectivity index (χ1v) is 8.31. The Labute approximate surface area is 152 Å². The highest BCUT2D eigenvalue weighted by Crippen LogP contribution is 2.24. The smallest absolute Gasteiger partial charge is 0.261 e. The molecule has 5 heteroatoms. The second kappa shape index (κ2) is 6.59. The Morgan fingerprint density at radius 3 is 2.31 bits per heavy atom. The van der Waals surface area contributed by atoms with Gasteiger partial charge in [-0.05, 0) is 67.3 Å². The van der Waals surface area contributed by atoms with Crippen molar-refractivity contribution < 1.29 is 14.4 Å². The number of fused-ring (bicyclic) bond motifs is 1. The molecule has 0 saturated carbocycles. The molecule has 0 aromatic heterocycles. The van der Waals surface area contributed by atoms with Crippen LogP contribution in [0.25, 0.3) is 6.08 Å². The number of benzene rings is 2. The van der Waals surface area contributed by atoms with E-state index in [1.54, 1.807) is 18.2 Å². The van der Waals surface area contributed by atoms with Gasteiger partial charge in [0, 0.05) is 18.8 Å². The third kappa shape index (κ3) is 3.16. The number of hydrogen-bond donors (Lipinski definition) is 1. The van der Waals surface area contributed by atoms with Crippen molar-refractivity contribution in [3.63, 3.8) is 0 Å². The van der Waals surface area contributed by atoms with Crippen LogP contribution < -0.4 is 5.32 Å². The van der Waals surface area contributed by atoms with E-state index in [9.17, 15) is 14.4 Å². The van der Waals surface area contributed by atoms with Gasteiger partial charge < -0.3 is 5.32 Å². The molecule has 0 fully saturated rings. The first kappa shape index (κ1) is 17.6. The first-order valence-electron chi connectivity index (χ1n) is 8.31. The van der Waals surface area contributed by atoms with Crippen LogP contribution in [0.3, 0.4) is 0 Å². The zero-order chi connectivity index (χ0) is 19.0. The Morgan fingerprint density at radius 2 is 1.58 bits per heavy atom. The van der Waals surface area contributed by atoms with Gasteiger partial charge in [0.1, 0.15) is 0 Å². The Morgan fingerprint density at radius 1 is 0.923 bits per heavy atom. The third-order valence-corrected chi connectivity index (χ3v) is 4.65. The van der Waals surface area contributed by atoms with Crippen molar-refractivity contribution in [2.45, 2.75) is 20.8 Å². The van der Waals surface area contributed by atoms with Crippen LogP contribution in [0.15, 0.2) is 36.4 Å². The van der Waals surface area contributed by atoms with Crippen molar-refractivity contribution in [1.82, 2.24) is 4.90 Å². The molecule has 0 radical (unpaired) electrons. The third-order valence-electron chi connectivity index (χ3n) is 4.65. The Balaban J connectivity index is 1.77. The van der Waals surface area contributed by atoms with Gasteiger partial charge in [-0.2, -0.15) is 0 Å². The van der Waals surface area contributed by atoms with E-state index >= 15 is 0 Å². The van der Waals surface area contributed by atoms with Crippen LogP contribution in [-0.4, -0.2) is 29.7 Å². The lowest BCUT2D eigenvalue weighted by Gasteiger charge is -2.06. The molecule has 3 rings (SSSR count). The molecule has 0 atom stereocenters. The quantitative estimate of drug-likeness (QED) is 0.682. The van der Waals surface area contributed by atoms with Crippen LogP contribution in [0.4, 0.5) is 5.69 Å². The van der Waals surface area contributed by atoms with Gasteiger partial charge >= 0.3 is 0 Å². The maximum absolute atomic E-state index is 12.2. The Bertz CT molecular complexity index is 973. The number of amides is 3. The van der Waals surface area contributed by atoms with Crippen molar-refractivity contribution >= 4 is 29.5 Å². The number of nitrogens with one attached hydrogen (secondary N) is 1. The number of hydrogen-bond acceptors (Lipinski definition) is 3. The summed E-state index contributed by atoms with van der Waals surface area (Å²) in [6.07, 6.45) is 3.23. The molecule has 1 N–H and O–H groups in total. The van der Waals surface area contributed by atoms with Crippen molar-refractivity contribution in [2.75, 3.05) is 12.4 Å². The fourth-order valence-electron chi connectivity index (χ4n) is 2.95. The minimum Gasteiger partial charge on any atom is -0.322 e. The molecule has 0 bridgehead atoms. The molecule has 2 aromatic carbocycles. The summed E-state index contributed by atoms with van der Waals surface area (Å²) in [5.41, 5.74) is 5.61. The summed E-state index contributed by atoms with van der Waals surface area (Å²) in [4.78, 5) is 37.2. The van der Waals surface area contributed by atoms with Crippen molar-refractivity contribution in [3.8, 4) is 0 Å². The minimum atomic E-state index is -0.359. The summed E-state index contributed by atoms with van der Waals surface area (Å²) in [6, 6.07) is 8.85. The van der Waals surface area contributed by atoms with Crippen molar-refractivity contribution in [2.24, 2.45) is 0 Å². The average Bonchev–Trinajstić information content (AvgIpc) is 2.81. The fourth-order valence-corrected chi connectivity index (χ4v) is 2.95. The summed E-state index contributed by atoms with van der Waals surface area (Å²) in [5, 5.41) is 2.73. The largest absolute Gasteiger partial charge is 0.322 e. The SMILES string of the molecule is Cc1cc(C)c(/C=C/C(=O)Nc2ccc3c(c2)C(=O)N(C)C3=O)cc1C. The molecule has 3 amide bonds. The van der Waals surface area contributed by atoms with Gasteiger partial charge in [-0.1, -0.05) is 12.1 Å². The molecule has 0 saturated heterocycles. The van der Waals surface area contributed by atoms with Gasteiger partial charge in [-0.3, -0.25) is 19.3 Å². The Kier molecular flexibility index (Phi) is 4.47. The second-order valence-electron chi connectivity index (χ2n) is 6.55. The molecule has 0 aliphatic carbocycles. The van der Waals surface area contributed by atoms with Crippen LogP contribution >= 0.6 is 0 Å². The number of carbonyl (C=O) groups excluding carboxylic acids is 3. The molecule has 26 heavy (non-hydrogen) atoms. The van der Waals surface area contributed by atoms with Gasteiger partial charge in [-0.25, -0.2) is 0 Å². The van der Waals surface area contributed by atoms with Gasteiger partial charge in [0.15, 0.2) is 0 Å². The van der Waals surface area contributed by atoms with E-state index in [1.807, 2.05) is 19.9 Å². The van der Waals surface area contributed by atoms with Gasteiger partial charge in [-0.15, -0.1) is 0 Å². The predicted molar refractivity (Wildman–Crippen MR) is 101 cm³/mol. The zero-order valence-corrected chi connectivity index (χ0v) is 15.2. The van der Waals surface area contributed by atoms with E-state index in [-0.39, 0.29) is 17.7 Å². The molecule has 1 aliphatic heterocycles. The predicted octanol–water partition coefficient (Wildman–Crippen LogP) is 3.49. The fraction of sp³-hybridized carbons (Fsp3) is 0.190. The lowest BCUT2D eigenvalue weighted by Crippen LogP contribution is -2.24. The second-order valence-corrected chi connectivity index (χ2v) is 6.55. The molecule has 0 unspecified atom stereocenters. The maximum Gasteiger partial charge on any atom is 0.261 e. The number of imide groups is 1. The van der Waals surface area contributed by atoms with Crippen LogP contribution in [-0.2, 0) is 4.79 Å². The molecule has 1 aliphatic rings. The van der Waals surface area contributed by atoms with Crippen LogP contribution in [0.5, 0.6) is 0 Å². The summed E-state index contributed by atoms with van der Waals surface area (Å²) in [5.74, 6) is -0.983. The highest BCUT2D eigenvalue weighted by atomic mass is 16.2. The lowest BCUT2D eigenvalue weighted by atomic mass is 10.0. The topological polar surface area (TPSA) is 66.5 Å². The monoisotopic (exact) mass is 348 g/mol. The highest BCUT2D eigenvalue weighted by molar-refractivity contribution is 6.21. The van der Waals surface area contributed by atoms with E-state index < -0.39 is 0 Å². The van der Waals surface area contributed by atoms with Crippen LogP contribution in [0.1, 0.15) is 43.0 Å². The average molecular weight is 348 g/mol. The summed E-state index contributed by atoms with van der Waals surface area (Å²) >= 11 is 0. The lowest BCUT2D eigenvalue weighted by molar-refractivity contribution is -0.111. The molecular weight excluding hydrogens is 328 g/mol. The summed E-state index contributed by atoms with van der Waals surface area (Å²) in [7, 11) is 1.44. The Hall–Kier alpha value is -3.21. The zero-order valence-electron chi connectivity index (χ0n) is 15.2. The van der Waals surface area contributed by atoms with Crippen molar-refractivity contribution in [3.05, 3.63) is 69.8 Å². The molecule has 2 aromatic rings. The highest BCUT2D eigenvalue weighted by Gasteiger charge is 2.32. The molecule has 132 valence electrons. The number of nitrogens with zero attached hydrogens (tertiary/aromatic N) is 1. The first-order chi connectivity index (χ1) is 12.3. The molecule has 1 heterocycles. The van der Waals surface area contributed by atoms with Gasteiger partial charge in [0.2, 0.25) is 5.91 Å².